The van der Waals surface area contributed by atoms with Crippen LogP contribution >= 0.6 is 0 Å². The van der Waals surface area contributed by atoms with Crippen molar-refractivity contribution in [2.45, 2.75) is 466 Å². The number of hydrogen-bond acceptors (Lipinski definition) is 0. The second-order valence-corrected chi connectivity index (χ2v) is 33.7. The molecule has 3 atom stereocenters. The van der Waals surface area contributed by atoms with E-state index in [0.29, 0.717) is 16.2 Å². The van der Waals surface area contributed by atoms with Gasteiger partial charge >= 0.3 is 0 Å². The van der Waals surface area contributed by atoms with Gasteiger partial charge in [0.15, 0.2) is 0 Å². The van der Waals surface area contributed by atoms with E-state index in [4.69, 9.17) is 0 Å². The monoisotopic (exact) mass is 1220 g/mol. The highest BCUT2D eigenvalue weighted by molar-refractivity contribution is 4.87. The smallest absolute Gasteiger partial charge is 0.0354 e. The summed E-state index contributed by atoms with van der Waals surface area (Å²) < 4.78 is 0. The molecule has 7 aliphatic carbocycles. The van der Waals surface area contributed by atoms with Crippen LogP contribution in [0, 0.1) is 93.2 Å². The van der Waals surface area contributed by atoms with Gasteiger partial charge in [-0.3, -0.25) is 0 Å². The molecule has 0 heteroatoms. The molecule has 7 saturated carbocycles. The molecule has 0 N–H and O–H groups in total. The first-order chi connectivity index (χ1) is 39.8. The Bertz CT molecular complexity index is 1150. The van der Waals surface area contributed by atoms with Crippen LogP contribution in [-0.2, 0) is 0 Å². The van der Waals surface area contributed by atoms with Gasteiger partial charge in [0, 0.05) is 0 Å². The minimum Gasteiger partial charge on any atom is -0.0776 e. The molecule has 86 heavy (non-hydrogen) atoms. The molecule has 0 saturated heterocycles. The van der Waals surface area contributed by atoms with E-state index in [9.17, 15) is 0 Å². The van der Waals surface area contributed by atoms with Crippen LogP contribution < -0.4 is 0 Å². The van der Waals surface area contributed by atoms with E-state index in [-0.39, 0.29) is 7.43 Å². The topological polar surface area (TPSA) is 0 Å². The second kappa shape index (κ2) is 66.5. The Labute approximate surface area is 556 Å². The predicted molar refractivity (Wildman–Crippen MR) is 411 cm³/mol. The fourth-order valence-electron chi connectivity index (χ4n) is 12.8. The van der Waals surface area contributed by atoms with Gasteiger partial charge in [-0.25, -0.2) is 0 Å². The van der Waals surface area contributed by atoms with Gasteiger partial charge in [0.25, 0.3) is 0 Å². The standard InChI is InChI=1S/C9H18.C8H14.2C8H16.2C7H14.4C7H16.2C4H10.C2H6.CH4/c1-8-4-6-9(2,3)7-5-8;1-6-4-7-2-3-8(6)5-7;1-7(2)8-5-3-4-6-8;1-2-8-6-4-3-5-7-8;1-6(2)7-4-3-5-7;1-2-7-5-3-4-6-7;2*1-5-6-7(2,3)4;1-4-5-6-7(2)3;1-4-7(5-2)6-3;1-4(2)3;1-3-4-2;1-2;/h8H,4-7H2,1-3H3;6-8H,2-5H2,1H3;7-8H,3-6H2,1-2H3;8H,2-7H2,1H3;6-7H,3-5H2,1-2H3;7H,2-6H2,1H3;2*5-6H2,1-4H3;2*7H,4-6H2,1-3H3;4H,1-3H3;3-4H2,1-2H3;1-2H3;1H4/t;6-,7?,8?;;;;;;;;;;;;/m.0............/s1. The molecule has 530 valence electrons. The zero-order chi connectivity index (χ0) is 66.9. The summed E-state index contributed by atoms with van der Waals surface area (Å²) in [5.41, 5.74) is 1.76. The molecule has 0 nitrogen and oxygen atoms in total. The summed E-state index contributed by atoms with van der Waals surface area (Å²) in [5.74, 6) is 13.3. The maximum atomic E-state index is 2.42. The van der Waals surface area contributed by atoms with Gasteiger partial charge in [-0.15, -0.1) is 0 Å². The van der Waals surface area contributed by atoms with Crippen LogP contribution in [-0.4, -0.2) is 0 Å². The van der Waals surface area contributed by atoms with E-state index in [1.165, 1.54) is 218 Å². The highest BCUT2D eigenvalue weighted by atomic mass is 14.4. The molecule has 0 spiro atoms. The molecular formula is C86H186. The number of rotatable bonds is 13. The quantitative estimate of drug-likeness (QED) is 0.172. The minimum absolute atomic E-state index is 0. The molecular weight excluding hydrogens is 1030 g/mol. The van der Waals surface area contributed by atoms with Crippen molar-refractivity contribution in [3.05, 3.63) is 0 Å². The Morgan fingerprint density at radius 2 is 0.767 bits per heavy atom. The SMILES string of the molecule is C.CC.CC(C)C.CC(C)C1CCC1.CC(C)C1CCCC1.CC1CCC(C)(C)CC1.CCC(CC)CC.CCC1CCCC1.CCC1CCCCC1.CCCC.CCCC(C)(C)C.CCCC(C)(C)C.CCCCC(C)C.C[C@H]1CC2CCC1C2. The number of hydrogen-bond donors (Lipinski definition) is 0. The fourth-order valence-corrected chi connectivity index (χ4v) is 12.8. The van der Waals surface area contributed by atoms with Crippen LogP contribution in [0.4, 0.5) is 0 Å². The third kappa shape index (κ3) is 74.7. The van der Waals surface area contributed by atoms with Crippen molar-refractivity contribution < 1.29 is 0 Å². The third-order valence-electron chi connectivity index (χ3n) is 19.9. The molecule has 0 aromatic heterocycles. The first-order valence-corrected chi connectivity index (χ1v) is 39.8. The van der Waals surface area contributed by atoms with Crippen LogP contribution in [0.25, 0.3) is 0 Å². The summed E-state index contributed by atoms with van der Waals surface area (Å²) >= 11 is 0. The van der Waals surface area contributed by atoms with Gasteiger partial charge in [0.2, 0.25) is 0 Å². The molecule has 7 aliphatic rings. The van der Waals surface area contributed by atoms with E-state index in [0.717, 1.165) is 76.9 Å². The molecule has 7 fully saturated rings. The zero-order valence-electron chi connectivity index (χ0n) is 66.9. The van der Waals surface area contributed by atoms with Gasteiger partial charge in [-0.05, 0) is 138 Å². The second-order valence-electron chi connectivity index (χ2n) is 33.7. The Morgan fingerprint density at radius 1 is 0.419 bits per heavy atom. The van der Waals surface area contributed by atoms with Crippen molar-refractivity contribution in [2.75, 3.05) is 0 Å². The zero-order valence-corrected chi connectivity index (χ0v) is 66.9. The Kier molecular flexibility index (Phi) is 76.9. The molecule has 0 aromatic carbocycles. The third-order valence-corrected chi connectivity index (χ3v) is 19.9. The lowest BCUT2D eigenvalue weighted by Crippen LogP contribution is -2.19. The van der Waals surface area contributed by atoms with Crippen LogP contribution in [0.1, 0.15) is 466 Å². The van der Waals surface area contributed by atoms with Crippen molar-refractivity contribution >= 4 is 0 Å². The molecule has 0 aromatic rings. The largest absolute Gasteiger partial charge is 0.0776 e. The summed E-state index contributed by atoms with van der Waals surface area (Å²) in [6, 6.07) is 0. The maximum Gasteiger partial charge on any atom is -0.0354 e. The van der Waals surface area contributed by atoms with Gasteiger partial charge in [-0.2, -0.15) is 0 Å². The van der Waals surface area contributed by atoms with Crippen molar-refractivity contribution in [3.8, 4) is 0 Å². The van der Waals surface area contributed by atoms with Gasteiger partial charge < -0.3 is 0 Å². The Morgan fingerprint density at radius 3 is 0.907 bits per heavy atom. The minimum atomic E-state index is 0. The highest BCUT2D eigenvalue weighted by Crippen LogP contribution is 2.48. The highest BCUT2D eigenvalue weighted by Gasteiger charge is 2.36. The molecule has 0 aliphatic heterocycles. The van der Waals surface area contributed by atoms with Gasteiger partial charge in [0.05, 0.1) is 0 Å². The fraction of sp³-hybridized carbons (Fsp3) is 1.00. The van der Waals surface area contributed by atoms with Crippen LogP contribution in [0.5, 0.6) is 0 Å². The van der Waals surface area contributed by atoms with Crippen molar-refractivity contribution in [1.29, 1.82) is 0 Å². The summed E-state index contributed by atoms with van der Waals surface area (Å²) in [6.45, 7) is 70.0. The normalized spacial score (nSPS) is 20.4. The summed E-state index contributed by atoms with van der Waals surface area (Å²) in [4.78, 5) is 0. The van der Waals surface area contributed by atoms with Crippen LogP contribution in [0.2, 0.25) is 0 Å². The first kappa shape index (κ1) is 99.6. The molecule has 2 bridgehead atoms. The summed E-state index contributed by atoms with van der Waals surface area (Å²) in [5, 5.41) is 0. The molecule has 0 amide bonds. The first-order valence-electron chi connectivity index (χ1n) is 39.8. The van der Waals surface area contributed by atoms with Crippen LogP contribution in [0.15, 0.2) is 0 Å². The Hall–Kier alpha value is 0. The van der Waals surface area contributed by atoms with Gasteiger partial charge in [0.1, 0.15) is 0 Å². The van der Waals surface area contributed by atoms with E-state index in [2.05, 4.69) is 201 Å². The average molecular weight is 1220 g/mol. The number of fused-ring (bicyclic) bond motifs is 2. The molecule has 0 radical (unpaired) electrons. The van der Waals surface area contributed by atoms with E-state index in [1.807, 2.05) is 13.8 Å². The van der Waals surface area contributed by atoms with Crippen molar-refractivity contribution in [2.24, 2.45) is 93.2 Å². The van der Waals surface area contributed by atoms with Crippen molar-refractivity contribution in [1.82, 2.24) is 0 Å². The lowest BCUT2D eigenvalue weighted by atomic mass is 9.74. The number of unbranched alkanes of at least 4 members (excludes halogenated alkanes) is 2. The van der Waals surface area contributed by atoms with Gasteiger partial charge in [-0.1, -0.05) is 421 Å². The predicted octanol–water partition coefficient (Wildman–Crippen LogP) is 33.0. The summed E-state index contributed by atoms with van der Waals surface area (Å²) in [6.07, 6.45) is 55.0. The van der Waals surface area contributed by atoms with E-state index < -0.39 is 0 Å². The lowest BCUT2D eigenvalue weighted by molar-refractivity contribution is 0.201. The average Bonchev–Trinajstić information content (AvgIpc) is 4.36. The maximum absolute atomic E-state index is 2.42. The van der Waals surface area contributed by atoms with Crippen LogP contribution in [0.3, 0.4) is 0 Å². The lowest BCUT2D eigenvalue weighted by Gasteiger charge is -2.32. The molecule has 2 unspecified atom stereocenters. The summed E-state index contributed by atoms with van der Waals surface area (Å²) in [7, 11) is 0. The van der Waals surface area contributed by atoms with Crippen molar-refractivity contribution in [3.63, 3.8) is 0 Å². The molecule has 0 heterocycles. The van der Waals surface area contributed by atoms with E-state index in [1.54, 1.807) is 25.7 Å². The molecule has 7 rings (SSSR count). The Balaban J connectivity index is -0.000000159. The van der Waals surface area contributed by atoms with E-state index >= 15 is 0 Å².